The number of unbranched alkanes of at least 4 members (excludes halogenated alkanes) is 1. The Kier molecular flexibility index (Phi) is 7.31. The first-order chi connectivity index (χ1) is 15.5. The fourth-order valence-electron chi connectivity index (χ4n) is 4.84. The summed E-state index contributed by atoms with van der Waals surface area (Å²) >= 11 is 1.57. The number of para-hydroxylation sites is 1. The monoisotopic (exact) mass is 452 g/mol. The Morgan fingerprint density at radius 2 is 2.00 bits per heavy atom. The fourth-order valence-corrected chi connectivity index (χ4v) is 5.73. The molecule has 1 aliphatic rings. The van der Waals surface area contributed by atoms with Crippen molar-refractivity contribution in [3.05, 3.63) is 47.1 Å². The van der Waals surface area contributed by atoms with E-state index in [2.05, 4.69) is 78.0 Å². The summed E-state index contributed by atoms with van der Waals surface area (Å²) in [6, 6.07) is 9.40. The largest absolute Gasteiger partial charge is 0.361 e. The molecule has 3 heterocycles. The van der Waals surface area contributed by atoms with Gasteiger partial charge in [0.15, 0.2) is 10.9 Å². The molecule has 0 spiro atoms. The third-order valence-electron chi connectivity index (χ3n) is 7.02. The number of aromatic amines is 1. The maximum Gasteiger partial charge on any atom is 0.186 e. The van der Waals surface area contributed by atoms with E-state index in [9.17, 15) is 4.79 Å². The van der Waals surface area contributed by atoms with Gasteiger partial charge in [-0.1, -0.05) is 49.3 Å². The minimum Gasteiger partial charge on any atom is -0.361 e. The number of piperazine rings is 1. The zero-order valence-corrected chi connectivity index (χ0v) is 20.6. The predicted octanol–water partition coefficient (Wildman–Crippen LogP) is 5.78. The van der Waals surface area contributed by atoms with Crippen LogP contribution < -0.4 is 4.90 Å². The van der Waals surface area contributed by atoms with Crippen LogP contribution in [0.15, 0.2) is 36.7 Å². The third-order valence-corrected chi connectivity index (χ3v) is 8.12. The van der Waals surface area contributed by atoms with Crippen LogP contribution in [-0.4, -0.2) is 52.9 Å². The lowest BCUT2D eigenvalue weighted by Crippen LogP contribution is -2.55. The third kappa shape index (κ3) is 5.07. The maximum atomic E-state index is 13.2. The van der Waals surface area contributed by atoms with E-state index in [4.69, 9.17) is 0 Å². The van der Waals surface area contributed by atoms with Gasteiger partial charge in [-0.3, -0.25) is 9.69 Å². The average Bonchev–Trinajstić information content (AvgIpc) is 3.43. The highest BCUT2D eigenvalue weighted by atomic mass is 32.1. The van der Waals surface area contributed by atoms with E-state index in [-0.39, 0.29) is 5.78 Å². The molecule has 0 saturated carbocycles. The first-order valence-corrected chi connectivity index (χ1v) is 12.8. The lowest BCUT2D eigenvalue weighted by molar-refractivity contribution is 0.0962. The van der Waals surface area contributed by atoms with Crippen LogP contribution >= 0.6 is 11.3 Å². The van der Waals surface area contributed by atoms with Crippen molar-refractivity contribution in [2.75, 3.05) is 25.0 Å². The molecule has 3 atom stereocenters. The van der Waals surface area contributed by atoms with Crippen molar-refractivity contribution in [3.8, 4) is 0 Å². The van der Waals surface area contributed by atoms with Crippen molar-refractivity contribution in [1.29, 1.82) is 0 Å². The molecule has 32 heavy (non-hydrogen) atoms. The van der Waals surface area contributed by atoms with Gasteiger partial charge in [-0.15, -0.1) is 0 Å². The van der Waals surface area contributed by atoms with Crippen LogP contribution in [0.3, 0.4) is 0 Å². The number of Topliss-reactive ketones (excluding diaryl/α,β-unsaturated/α-hetero) is 1. The standard InChI is InChI=1S/C26H36N4OS/c1-5-6-9-20(12-21-14-27-23-11-8-7-10-22(21)23)13-24(31)25-15-28-26(32-25)30-16-18(2)29(4)19(3)17-30/h7-8,10-11,14-15,18-20,27H,5-6,9,12-13,16-17H2,1-4H3/t18-,19+,20?. The van der Waals surface area contributed by atoms with Gasteiger partial charge in [0.2, 0.25) is 0 Å². The number of ketones is 1. The zero-order chi connectivity index (χ0) is 22.7. The van der Waals surface area contributed by atoms with E-state index in [1.165, 1.54) is 16.5 Å². The van der Waals surface area contributed by atoms with E-state index in [1.54, 1.807) is 17.5 Å². The van der Waals surface area contributed by atoms with Crippen LogP contribution in [0.1, 0.15) is 61.7 Å². The number of likely N-dealkylation sites (N-methyl/N-ethyl adjacent to an activating group) is 1. The lowest BCUT2D eigenvalue weighted by Gasteiger charge is -2.42. The van der Waals surface area contributed by atoms with Crippen LogP contribution in [0.25, 0.3) is 10.9 Å². The fraction of sp³-hybridized carbons (Fsp3) is 0.538. The first-order valence-electron chi connectivity index (χ1n) is 12.0. The Labute approximate surface area is 195 Å². The molecule has 0 radical (unpaired) electrons. The highest BCUT2D eigenvalue weighted by Crippen LogP contribution is 2.30. The Bertz CT molecular complexity index is 1030. The van der Waals surface area contributed by atoms with Crippen LogP contribution in [0, 0.1) is 5.92 Å². The van der Waals surface area contributed by atoms with Crippen LogP contribution in [0.2, 0.25) is 0 Å². The van der Waals surface area contributed by atoms with Gasteiger partial charge in [-0.05, 0) is 51.3 Å². The van der Waals surface area contributed by atoms with E-state index < -0.39 is 0 Å². The Balaban J connectivity index is 1.44. The first kappa shape index (κ1) is 23.0. The average molecular weight is 453 g/mol. The molecule has 4 rings (SSSR count). The van der Waals surface area contributed by atoms with Crippen LogP contribution in [0.4, 0.5) is 5.13 Å². The SMILES string of the molecule is CCCCC(CC(=O)c1cnc(N2C[C@@H](C)N(C)[C@@H](C)C2)s1)Cc1c[nH]c2ccccc12. The highest BCUT2D eigenvalue weighted by molar-refractivity contribution is 7.17. The molecule has 0 bridgehead atoms. The van der Waals surface area contributed by atoms with Crippen molar-refractivity contribution in [2.45, 2.75) is 65.0 Å². The molecule has 1 unspecified atom stereocenters. The molecule has 172 valence electrons. The second-order valence-corrected chi connectivity index (χ2v) is 10.5. The molecule has 1 aromatic carbocycles. The van der Waals surface area contributed by atoms with Crippen molar-refractivity contribution in [2.24, 2.45) is 5.92 Å². The van der Waals surface area contributed by atoms with Gasteiger partial charge in [-0.2, -0.15) is 0 Å². The van der Waals surface area contributed by atoms with Gasteiger partial charge in [-0.25, -0.2) is 4.98 Å². The quantitative estimate of drug-likeness (QED) is 0.419. The molecule has 6 heteroatoms. The number of nitrogens with one attached hydrogen (secondary N) is 1. The van der Waals surface area contributed by atoms with Crippen molar-refractivity contribution >= 4 is 33.2 Å². The van der Waals surface area contributed by atoms with Crippen molar-refractivity contribution < 1.29 is 4.79 Å². The van der Waals surface area contributed by atoms with Gasteiger partial charge in [0, 0.05) is 48.7 Å². The molecular formula is C26H36N4OS. The van der Waals surface area contributed by atoms with Gasteiger partial charge in [0.1, 0.15) is 0 Å². The molecule has 0 aliphatic carbocycles. The molecule has 3 aromatic rings. The van der Waals surface area contributed by atoms with E-state index in [0.717, 1.165) is 48.8 Å². The molecule has 1 aliphatic heterocycles. The Hall–Kier alpha value is -2.18. The number of fused-ring (bicyclic) bond motifs is 1. The van der Waals surface area contributed by atoms with Gasteiger partial charge in [0.05, 0.1) is 11.1 Å². The number of anilines is 1. The minimum atomic E-state index is 0.241. The van der Waals surface area contributed by atoms with Crippen molar-refractivity contribution in [1.82, 2.24) is 14.9 Å². The summed E-state index contributed by atoms with van der Waals surface area (Å²) in [6.45, 7) is 8.65. The Morgan fingerprint density at radius 3 is 2.75 bits per heavy atom. The second-order valence-electron chi connectivity index (χ2n) is 9.47. The molecule has 5 nitrogen and oxygen atoms in total. The number of aromatic nitrogens is 2. The lowest BCUT2D eigenvalue weighted by atomic mass is 9.89. The summed E-state index contributed by atoms with van der Waals surface area (Å²) in [5.74, 6) is 0.598. The minimum absolute atomic E-state index is 0.241. The predicted molar refractivity (Wildman–Crippen MR) is 135 cm³/mol. The van der Waals surface area contributed by atoms with E-state index in [1.807, 2.05) is 0 Å². The number of carbonyl (C=O) groups is 1. The number of hydrogen-bond donors (Lipinski definition) is 1. The number of H-pyrrole nitrogens is 1. The topological polar surface area (TPSA) is 52.2 Å². The zero-order valence-electron chi connectivity index (χ0n) is 19.8. The van der Waals surface area contributed by atoms with Gasteiger partial charge >= 0.3 is 0 Å². The van der Waals surface area contributed by atoms with Crippen molar-refractivity contribution in [3.63, 3.8) is 0 Å². The van der Waals surface area contributed by atoms with Gasteiger partial charge in [0.25, 0.3) is 0 Å². The Morgan fingerprint density at radius 1 is 1.25 bits per heavy atom. The summed E-state index contributed by atoms with van der Waals surface area (Å²) < 4.78 is 0. The molecule has 1 N–H and O–H groups in total. The number of benzene rings is 1. The highest BCUT2D eigenvalue weighted by Gasteiger charge is 2.28. The van der Waals surface area contributed by atoms with Crippen LogP contribution in [0.5, 0.6) is 0 Å². The molecule has 2 aromatic heterocycles. The smallest absolute Gasteiger partial charge is 0.186 e. The second kappa shape index (κ2) is 10.2. The van der Waals surface area contributed by atoms with E-state index in [0.29, 0.717) is 24.4 Å². The number of thiazole rings is 1. The normalized spacial score (nSPS) is 20.7. The van der Waals surface area contributed by atoms with E-state index >= 15 is 0 Å². The van der Waals surface area contributed by atoms with Gasteiger partial charge < -0.3 is 9.88 Å². The molecular weight excluding hydrogens is 416 g/mol. The molecule has 1 saturated heterocycles. The molecule has 1 fully saturated rings. The number of rotatable bonds is 9. The molecule has 0 amide bonds. The number of nitrogens with zero attached hydrogens (tertiary/aromatic N) is 3. The number of carbonyl (C=O) groups excluding carboxylic acids is 1. The number of hydrogen-bond acceptors (Lipinski definition) is 5. The summed E-state index contributed by atoms with van der Waals surface area (Å²) in [7, 11) is 2.19. The summed E-state index contributed by atoms with van der Waals surface area (Å²) in [5.41, 5.74) is 2.49. The summed E-state index contributed by atoms with van der Waals surface area (Å²) in [6.07, 6.45) is 8.86. The van der Waals surface area contributed by atoms with Crippen LogP contribution in [-0.2, 0) is 6.42 Å². The summed E-state index contributed by atoms with van der Waals surface area (Å²) in [5, 5.41) is 2.27. The maximum absolute atomic E-state index is 13.2. The summed E-state index contributed by atoms with van der Waals surface area (Å²) in [4.78, 5) is 26.8.